The summed E-state index contributed by atoms with van der Waals surface area (Å²) in [5.74, 6) is 0. The van der Waals surface area contributed by atoms with Crippen LogP contribution in [0, 0.1) is 4.78 Å². The minimum atomic E-state index is -2.60. The van der Waals surface area contributed by atoms with Crippen LogP contribution in [0.4, 0.5) is 0 Å². The molecule has 0 radical (unpaired) electrons. The quantitative estimate of drug-likeness (QED) is 0.713. The van der Waals surface area contributed by atoms with Crippen LogP contribution in [-0.4, -0.2) is 10.5 Å². The van der Waals surface area contributed by atoms with E-state index in [1.54, 1.807) is 12.2 Å². The molecule has 0 aromatic rings. The van der Waals surface area contributed by atoms with Gasteiger partial charge in [0.15, 0.2) is 0 Å². The topological polar surface area (TPSA) is 40.9 Å². The van der Waals surface area contributed by atoms with E-state index < -0.39 is 9.73 Å². The second kappa shape index (κ2) is 8.75. The highest BCUT2D eigenvalue weighted by Gasteiger charge is 1.97. The highest BCUT2D eigenvalue weighted by Crippen LogP contribution is 2.02. The molecule has 0 aliphatic rings. The first kappa shape index (κ1) is 15.6. The molecule has 1 N–H and O–H groups in total. The van der Waals surface area contributed by atoms with Crippen LogP contribution < -0.4 is 0 Å². The zero-order valence-corrected chi connectivity index (χ0v) is 10.2. The summed E-state index contributed by atoms with van der Waals surface area (Å²) in [6.45, 7) is 11.3. The molecule has 0 aliphatic carbocycles. The average molecular weight is 215 g/mol. The van der Waals surface area contributed by atoms with Crippen molar-refractivity contribution in [3.8, 4) is 0 Å². The first-order valence-electron chi connectivity index (χ1n) is 4.61. The van der Waals surface area contributed by atoms with Crippen molar-refractivity contribution in [3.63, 3.8) is 0 Å². The van der Waals surface area contributed by atoms with E-state index in [0.717, 1.165) is 0 Å². The molecule has 0 aromatic heterocycles. The molecule has 0 aliphatic heterocycles. The summed E-state index contributed by atoms with van der Waals surface area (Å²) in [5.41, 5.74) is 0. The van der Waals surface area contributed by atoms with Crippen molar-refractivity contribution in [2.75, 3.05) is 6.26 Å². The zero-order valence-electron chi connectivity index (χ0n) is 9.38. The second-order valence-electron chi connectivity index (χ2n) is 2.90. The van der Waals surface area contributed by atoms with Crippen LogP contribution in [0.5, 0.6) is 0 Å². The largest absolute Gasteiger partial charge is 0.249 e. The maximum absolute atomic E-state index is 10.9. The van der Waals surface area contributed by atoms with E-state index in [-0.39, 0.29) is 0 Å². The Labute approximate surface area is 88.4 Å². The Kier molecular flexibility index (Phi) is 9.78. The molecule has 14 heavy (non-hydrogen) atoms. The summed E-state index contributed by atoms with van der Waals surface area (Å²) in [4.78, 5) is 0.326. The van der Waals surface area contributed by atoms with Gasteiger partial charge in [-0.15, -0.1) is 0 Å². The third kappa shape index (κ3) is 11.2. The maximum atomic E-state index is 10.9. The summed E-state index contributed by atoms with van der Waals surface area (Å²) in [7, 11) is -2.60. The van der Waals surface area contributed by atoms with E-state index in [0.29, 0.717) is 4.91 Å². The van der Waals surface area contributed by atoms with Crippen LogP contribution in [0.3, 0.4) is 0 Å². The van der Waals surface area contributed by atoms with Crippen LogP contribution in [0.2, 0.25) is 0 Å². The van der Waals surface area contributed by atoms with Gasteiger partial charge in [0.1, 0.15) is 0 Å². The normalized spacial score (nSPS) is 13.9. The van der Waals surface area contributed by atoms with Crippen LogP contribution in [0.15, 0.2) is 36.3 Å². The summed E-state index contributed by atoms with van der Waals surface area (Å²) < 4.78 is 17.9. The first-order valence-corrected chi connectivity index (χ1v) is 6.58. The van der Waals surface area contributed by atoms with Gasteiger partial charge in [0, 0.05) is 11.2 Å². The number of hydrogen-bond donors (Lipinski definition) is 1. The standard InChI is InChI=1S/C7H11NOS.C4H10/c1-4-5-6-7(2)10(3,8)9;1-3-4-2/h4-6,8H,1-2H2,3H3;3-4H2,1-2H3/b6-5-;. The number of nitrogens with one attached hydrogen (secondary N) is 1. The van der Waals surface area contributed by atoms with Gasteiger partial charge in [-0.3, -0.25) is 0 Å². The Morgan fingerprint density at radius 1 is 1.43 bits per heavy atom. The fourth-order valence-corrected chi connectivity index (χ4v) is 0.643. The van der Waals surface area contributed by atoms with E-state index >= 15 is 0 Å². The van der Waals surface area contributed by atoms with Crippen LogP contribution in [0.1, 0.15) is 26.7 Å². The Balaban J connectivity index is 0. The zero-order chi connectivity index (χ0) is 11.6. The van der Waals surface area contributed by atoms with Crippen molar-refractivity contribution in [2.45, 2.75) is 26.7 Å². The molecule has 1 unspecified atom stereocenters. The first-order chi connectivity index (χ1) is 6.40. The Bertz CT molecular complexity index is 284. The molecule has 0 rings (SSSR count). The van der Waals surface area contributed by atoms with Gasteiger partial charge in [0.2, 0.25) is 0 Å². The van der Waals surface area contributed by atoms with Gasteiger partial charge in [-0.2, -0.15) is 0 Å². The van der Waals surface area contributed by atoms with Gasteiger partial charge in [0.25, 0.3) is 0 Å². The summed E-state index contributed by atoms with van der Waals surface area (Å²) >= 11 is 0. The van der Waals surface area contributed by atoms with E-state index in [2.05, 4.69) is 27.0 Å². The molecule has 1 atom stereocenters. The smallest absolute Gasteiger partial charge is 0.0690 e. The Hall–Kier alpha value is -0.830. The molecule has 3 heteroatoms. The molecule has 0 saturated heterocycles. The van der Waals surface area contributed by atoms with Crippen molar-refractivity contribution in [3.05, 3.63) is 36.3 Å². The Morgan fingerprint density at radius 3 is 2.07 bits per heavy atom. The van der Waals surface area contributed by atoms with Gasteiger partial charge >= 0.3 is 0 Å². The molecular formula is C11H21NOS. The molecule has 0 aromatic carbocycles. The van der Waals surface area contributed by atoms with Gasteiger partial charge in [-0.25, -0.2) is 8.99 Å². The maximum Gasteiger partial charge on any atom is 0.0690 e. The average Bonchev–Trinajstić information content (AvgIpc) is 2.13. The van der Waals surface area contributed by atoms with Crippen molar-refractivity contribution < 1.29 is 4.21 Å². The minimum Gasteiger partial charge on any atom is -0.249 e. The van der Waals surface area contributed by atoms with Crippen LogP contribution >= 0.6 is 0 Å². The molecule has 0 heterocycles. The lowest BCUT2D eigenvalue weighted by molar-refractivity contribution is 0.683. The fourth-order valence-electron chi connectivity index (χ4n) is 0.305. The molecule has 82 valence electrons. The predicted octanol–water partition coefficient (Wildman–Crippen LogP) is 3.73. The minimum absolute atomic E-state index is 0.326. The van der Waals surface area contributed by atoms with Crippen molar-refractivity contribution >= 4 is 9.73 Å². The summed E-state index contributed by atoms with van der Waals surface area (Å²) in [6, 6.07) is 0. The summed E-state index contributed by atoms with van der Waals surface area (Å²) in [5, 5.41) is 0. The number of unbranched alkanes of at least 4 members (excludes halogenated alkanes) is 1. The molecular weight excluding hydrogens is 194 g/mol. The SMILES string of the molecule is C=C/C=C\C(=C)S(C)(=N)=O.CCCC. The lowest BCUT2D eigenvalue weighted by Crippen LogP contribution is -1.93. The highest BCUT2D eigenvalue weighted by molar-refractivity contribution is 7.95. The summed E-state index contributed by atoms with van der Waals surface area (Å²) in [6.07, 6.45) is 8.67. The van der Waals surface area contributed by atoms with E-state index in [1.807, 2.05) is 0 Å². The second-order valence-corrected chi connectivity index (χ2v) is 5.12. The van der Waals surface area contributed by atoms with E-state index in [4.69, 9.17) is 4.78 Å². The van der Waals surface area contributed by atoms with Gasteiger partial charge < -0.3 is 0 Å². The van der Waals surface area contributed by atoms with Crippen LogP contribution in [-0.2, 0) is 9.73 Å². The van der Waals surface area contributed by atoms with E-state index in [9.17, 15) is 4.21 Å². The van der Waals surface area contributed by atoms with Gasteiger partial charge in [-0.05, 0) is 6.08 Å². The molecule has 0 saturated carbocycles. The van der Waals surface area contributed by atoms with Crippen molar-refractivity contribution in [1.29, 1.82) is 4.78 Å². The van der Waals surface area contributed by atoms with Crippen molar-refractivity contribution in [1.82, 2.24) is 0 Å². The number of allylic oxidation sites excluding steroid dienone is 3. The monoisotopic (exact) mass is 215 g/mol. The fraction of sp³-hybridized carbons (Fsp3) is 0.455. The van der Waals surface area contributed by atoms with Gasteiger partial charge in [0.05, 0.1) is 9.73 Å². The molecule has 2 nitrogen and oxygen atoms in total. The highest BCUT2D eigenvalue weighted by atomic mass is 32.2. The third-order valence-electron chi connectivity index (χ3n) is 1.42. The number of rotatable bonds is 4. The molecule has 0 amide bonds. The molecule has 0 bridgehead atoms. The lowest BCUT2D eigenvalue weighted by Gasteiger charge is -1.95. The van der Waals surface area contributed by atoms with E-state index in [1.165, 1.54) is 25.2 Å². The molecule has 0 spiro atoms. The Morgan fingerprint density at radius 2 is 1.86 bits per heavy atom. The lowest BCUT2D eigenvalue weighted by atomic mass is 10.4. The number of hydrogen-bond acceptors (Lipinski definition) is 2. The molecule has 0 fully saturated rings. The third-order valence-corrected chi connectivity index (χ3v) is 2.56. The van der Waals surface area contributed by atoms with Gasteiger partial charge in [-0.1, -0.05) is 52.0 Å². The van der Waals surface area contributed by atoms with Crippen molar-refractivity contribution in [2.24, 2.45) is 0 Å². The predicted molar refractivity (Wildman–Crippen MR) is 65.8 cm³/mol. The van der Waals surface area contributed by atoms with Crippen LogP contribution in [0.25, 0.3) is 0 Å².